The molecule has 6 nitrogen and oxygen atoms in total. The zero-order valence-corrected chi connectivity index (χ0v) is 10.8. The van der Waals surface area contributed by atoms with E-state index in [1.807, 2.05) is 6.92 Å². The van der Waals surface area contributed by atoms with E-state index in [1.54, 1.807) is 25.4 Å². The van der Waals surface area contributed by atoms with Crippen LogP contribution in [0.25, 0.3) is 0 Å². The largest absolute Gasteiger partial charge is 0.328 e. The monoisotopic (exact) mass is 261 g/mol. The fraction of sp³-hybridized carbons (Fsp3) is 0.385. The first kappa shape index (κ1) is 13.2. The summed E-state index contributed by atoms with van der Waals surface area (Å²) in [5, 5.41) is 2.24. The Morgan fingerprint density at radius 3 is 2.84 bits per heavy atom. The Labute approximate surface area is 110 Å². The zero-order valence-electron chi connectivity index (χ0n) is 10.8. The third kappa shape index (κ3) is 2.78. The molecule has 0 aromatic carbocycles. The first-order valence-electron chi connectivity index (χ1n) is 6.02. The molecule has 1 saturated heterocycles. The van der Waals surface area contributed by atoms with Crippen LogP contribution in [0.2, 0.25) is 0 Å². The summed E-state index contributed by atoms with van der Waals surface area (Å²) in [4.78, 5) is 40.3. The molecule has 1 aliphatic rings. The Hall–Kier alpha value is -2.24. The molecular weight excluding hydrogens is 246 g/mol. The van der Waals surface area contributed by atoms with E-state index in [0.717, 1.165) is 5.56 Å². The topological polar surface area (TPSA) is 79.4 Å². The molecule has 0 saturated carbocycles. The van der Waals surface area contributed by atoms with Gasteiger partial charge in [-0.1, -0.05) is 0 Å². The van der Waals surface area contributed by atoms with Gasteiger partial charge in [0.05, 0.1) is 0 Å². The third-order valence-corrected chi connectivity index (χ3v) is 3.13. The number of carbonyl (C=O) groups excluding carboxylic acids is 3. The van der Waals surface area contributed by atoms with Crippen LogP contribution in [0.1, 0.15) is 28.9 Å². The van der Waals surface area contributed by atoms with Gasteiger partial charge in [0, 0.05) is 19.7 Å². The van der Waals surface area contributed by atoms with E-state index < -0.39 is 11.9 Å². The molecule has 1 N–H and O–H groups in total. The summed E-state index contributed by atoms with van der Waals surface area (Å²) in [5.74, 6) is -1.05. The van der Waals surface area contributed by atoms with E-state index in [4.69, 9.17) is 0 Å². The summed E-state index contributed by atoms with van der Waals surface area (Å²) in [6.45, 7) is 1.87. The quantitative estimate of drug-likeness (QED) is 0.775. The van der Waals surface area contributed by atoms with Gasteiger partial charge in [0.15, 0.2) is 0 Å². The summed E-state index contributed by atoms with van der Waals surface area (Å²) in [6.07, 6.45) is 2.15. The van der Waals surface area contributed by atoms with E-state index in [0.29, 0.717) is 12.1 Å². The Morgan fingerprint density at radius 1 is 1.47 bits per heavy atom. The molecule has 19 heavy (non-hydrogen) atoms. The lowest BCUT2D eigenvalue weighted by Gasteiger charge is -2.29. The van der Waals surface area contributed by atoms with E-state index in [9.17, 15) is 14.4 Å². The van der Waals surface area contributed by atoms with E-state index in [-0.39, 0.29) is 18.2 Å². The second kappa shape index (κ2) is 5.17. The molecule has 0 aliphatic carbocycles. The predicted molar refractivity (Wildman–Crippen MR) is 67.2 cm³/mol. The van der Waals surface area contributed by atoms with E-state index in [1.165, 1.54) is 4.90 Å². The van der Waals surface area contributed by atoms with Crippen molar-refractivity contribution >= 4 is 17.7 Å². The molecule has 1 fully saturated rings. The first-order valence-corrected chi connectivity index (χ1v) is 6.02. The molecule has 0 bridgehead atoms. The Bertz CT molecular complexity index is 542. The van der Waals surface area contributed by atoms with Crippen molar-refractivity contribution in [2.45, 2.75) is 25.8 Å². The Morgan fingerprint density at radius 2 is 2.21 bits per heavy atom. The standard InChI is InChI=1S/C13H15N3O3/c1-8-5-6-14-9(7-8)13(19)16(2)10-3-4-11(17)15-12(10)18/h5-7,10H,3-4H2,1-2H3,(H,15,17,18). The molecule has 1 atom stereocenters. The second-order valence-corrected chi connectivity index (χ2v) is 4.60. The number of carbonyl (C=O) groups is 3. The van der Waals surface area contributed by atoms with Crippen LogP contribution in [-0.2, 0) is 9.59 Å². The highest BCUT2D eigenvalue weighted by molar-refractivity contribution is 6.03. The van der Waals surface area contributed by atoms with Gasteiger partial charge in [0.25, 0.3) is 5.91 Å². The van der Waals surface area contributed by atoms with E-state index in [2.05, 4.69) is 10.3 Å². The van der Waals surface area contributed by atoms with E-state index >= 15 is 0 Å². The number of imide groups is 1. The maximum Gasteiger partial charge on any atom is 0.272 e. The number of hydrogen-bond donors (Lipinski definition) is 1. The average molecular weight is 261 g/mol. The Balaban J connectivity index is 2.15. The van der Waals surface area contributed by atoms with Crippen LogP contribution in [0.4, 0.5) is 0 Å². The molecular formula is C13H15N3O3. The number of nitrogens with zero attached hydrogens (tertiary/aromatic N) is 2. The lowest BCUT2D eigenvalue weighted by molar-refractivity contribution is -0.136. The third-order valence-electron chi connectivity index (χ3n) is 3.13. The number of amides is 3. The van der Waals surface area contributed by atoms with Gasteiger partial charge in [0.1, 0.15) is 11.7 Å². The van der Waals surface area contributed by atoms with Crippen LogP contribution in [0.5, 0.6) is 0 Å². The van der Waals surface area contributed by atoms with Crippen molar-refractivity contribution in [2.75, 3.05) is 7.05 Å². The molecule has 0 spiro atoms. The SMILES string of the molecule is Cc1ccnc(C(=O)N(C)C2CCC(=O)NC2=O)c1. The van der Waals surface area contributed by atoms with Crippen molar-refractivity contribution < 1.29 is 14.4 Å². The number of hydrogen-bond acceptors (Lipinski definition) is 4. The summed E-state index contributed by atoms with van der Waals surface area (Å²) >= 11 is 0. The first-order chi connectivity index (χ1) is 8.99. The van der Waals surface area contributed by atoms with Gasteiger partial charge in [-0.05, 0) is 31.0 Å². The molecule has 2 heterocycles. The van der Waals surface area contributed by atoms with Crippen molar-refractivity contribution in [1.82, 2.24) is 15.2 Å². The maximum absolute atomic E-state index is 12.2. The maximum atomic E-state index is 12.2. The van der Waals surface area contributed by atoms with Crippen molar-refractivity contribution in [2.24, 2.45) is 0 Å². The molecule has 100 valence electrons. The van der Waals surface area contributed by atoms with Crippen LogP contribution in [0.3, 0.4) is 0 Å². The van der Waals surface area contributed by atoms with Crippen molar-refractivity contribution in [3.8, 4) is 0 Å². The highest BCUT2D eigenvalue weighted by atomic mass is 16.2. The summed E-state index contributed by atoms with van der Waals surface area (Å²) < 4.78 is 0. The zero-order chi connectivity index (χ0) is 14.0. The fourth-order valence-corrected chi connectivity index (χ4v) is 2.03. The summed E-state index contributed by atoms with van der Waals surface area (Å²) in [6, 6.07) is 2.85. The van der Waals surface area contributed by atoms with Crippen molar-refractivity contribution in [3.63, 3.8) is 0 Å². The van der Waals surface area contributed by atoms with Crippen LogP contribution in [0.15, 0.2) is 18.3 Å². The van der Waals surface area contributed by atoms with Crippen LogP contribution in [-0.4, -0.2) is 40.7 Å². The van der Waals surface area contributed by atoms with Gasteiger partial charge in [-0.25, -0.2) is 0 Å². The Kier molecular flexibility index (Phi) is 3.59. The van der Waals surface area contributed by atoms with Gasteiger partial charge in [-0.3, -0.25) is 24.7 Å². The molecule has 1 aromatic rings. The fourth-order valence-electron chi connectivity index (χ4n) is 2.03. The van der Waals surface area contributed by atoms with Gasteiger partial charge < -0.3 is 4.90 Å². The minimum absolute atomic E-state index is 0.245. The summed E-state index contributed by atoms with van der Waals surface area (Å²) in [5.41, 5.74) is 1.22. The van der Waals surface area contributed by atoms with Crippen LogP contribution in [0, 0.1) is 6.92 Å². The lowest BCUT2D eigenvalue weighted by Crippen LogP contribution is -2.53. The number of rotatable bonds is 2. The number of nitrogens with one attached hydrogen (secondary N) is 1. The smallest absolute Gasteiger partial charge is 0.272 e. The molecule has 1 aliphatic heterocycles. The van der Waals surface area contributed by atoms with Gasteiger partial charge in [0.2, 0.25) is 11.8 Å². The minimum Gasteiger partial charge on any atom is -0.328 e. The van der Waals surface area contributed by atoms with Crippen molar-refractivity contribution in [3.05, 3.63) is 29.6 Å². The highest BCUT2D eigenvalue weighted by Gasteiger charge is 2.32. The van der Waals surface area contributed by atoms with Gasteiger partial charge in [-0.15, -0.1) is 0 Å². The highest BCUT2D eigenvalue weighted by Crippen LogP contribution is 2.13. The van der Waals surface area contributed by atoms with Gasteiger partial charge >= 0.3 is 0 Å². The number of piperidine rings is 1. The van der Waals surface area contributed by atoms with Crippen LogP contribution < -0.4 is 5.32 Å². The number of aromatic nitrogens is 1. The minimum atomic E-state index is -0.618. The molecule has 1 aromatic heterocycles. The predicted octanol–water partition coefficient (Wildman–Crippen LogP) is 0.267. The molecule has 6 heteroatoms. The number of likely N-dealkylation sites (N-methyl/N-ethyl adjacent to an activating group) is 1. The lowest BCUT2D eigenvalue weighted by atomic mass is 10.0. The van der Waals surface area contributed by atoms with Crippen molar-refractivity contribution in [1.29, 1.82) is 0 Å². The van der Waals surface area contributed by atoms with Gasteiger partial charge in [-0.2, -0.15) is 0 Å². The second-order valence-electron chi connectivity index (χ2n) is 4.60. The normalized spacial score (nSPS) is 18.9. The molecule has 3 amide bonds. The molecule has 1 unspecified atom stereocenters. The average Bonchev–Trinajstić information content (AvgIpc) is 2.37. The molecule has 2 rings (SSSR count). The van der Waals surface area contributed by atoms with Crippen LogP contribution >= 0.6 is 0 Å². The summed E-state index contributed by atoms with van der Waals surface area (Å²) in [7, 11) is 1.55. The number of pyridine rings is 1. The molecule has 0 radical (unpaired) electrons. The number of aryl methyl sites for hydroxylation is 1.